The summed E-state index contributed by atoms with van der Waals surface area (Å²) in [5.74, 6) is -2.26. The van der Waals surface area contributed by atoms with Crippen molar-refractivity contribution in [2.45, 2.75) is 367 Å². The number of aliphatic hydroxyl groups is 1. The molecule has 600 valence electrons. The maximum atomic E-state index is 13.1. The fraction of sp³-hybridized carbons (Fsp3) is 0.741. The number of carbonyl (C=O) groups excluding carboxylic acids is 4. The van der Waals surface area contributed by atoms with E-state index in [1.807, 2.05) is 18.2 Å². The Labute approximate surface area is 632 Å². The molecule has 0 fully saturated rings. The predicted octanol–water partition coefficient (Wildman–Crippen LogP) is 24.1. The third kappa shape index (κ3) is 75.9. The van der Waals surface area contributed by atoms with Gasteiger partial charge >= 0.3 is 39.5 Å². The van der Waals surface area contributed by atoms with Gasteiger partial charge < -0.3 is 33.8 Å². The normalized spacial score (nSPS) is 14.4. The van der Waals surface area contributed by atoms with E-state index in [0.29, 0.717) is 32.1 Å². The zero-order valence-electron chi connectivity index (χ0n) is 65.7. The molecule has 19 heteroatoms. The number of rotatable bonds is 77. The molecule has 0 amide bonds. The summed E-state index contributed by atoms with van der Waals surface area (Å²) in [4.78, 5) is 73.0. The van der Waals surface area contributed by atoms with E-state index in [-0.39, 0.29) is 25.7 Å². The standard InChI is InChI=1S/C85H148O17P2/c1-5-9-13-17-21-25-29-33-35-37-39-41-43-47-50-54-58-62-66-70-83(88)96-76-81(102-85(90)72-68-64-60-56-52-48-44-42-40-38-36-34-30-26-22-18-14-10-6-2)78-100-104(93,94)98-74-79(86)73-97-103(91,92)99-77-80(101-84(89)71-67-63-59-55-51-46-32-28-24-20-16-12-8-4)75-95-82(87)69-65-61-57-53-49-45-31-27-23-19-15-11-7-3/h9,13,21-22,25-26,33-36,39-42,47,50,58,62,79-81,86H,5-8,10-12,14-20,23-24,27-32,37-38,43-46,48-49,51-57,59-61,63-78H2,1-4H3,(H,91,92)(H,93,94)/b13-9-,25-21-,26-22-,35-33-,36-34-,41-39-,42-40-,50-47-,62-58-. The molecular formula is C85H148O17P2. The number of phosphoric acid groups is 2. The van der Waals surface area contributed by atoms with Crippen molar-refractivity contribution >= 4 is 39.5 Å². The Morgan fingerprint density at radius 3 is 0.846 bits per heavy atom. The molecule has 0 radical (unpaired) electrons. The van der Waals surface area contributed by atoms with Crippen LogP contribution in [0.3, 0.4) is 0 Å². The Hall–Kier alpha value is -4.28. The number of allylic oxidation sites excluding steroid dienone is 18. The maximum Gasteiger partial charge on any atom is 0.472 e. The van der Waals surface area contributed by atoms with Crippen molar-refractivity contribution in [3.05, 3.63) is 109 Å². The largest absolute Gasteiger partial charge is 0.472 e. The molecule has 104 heavy (non-hydrogen) atoms. The molecule has 3 N–H and O–H groups in total. The van der Waals surface area contributed by atoms with Gasteiger partial charge in [0, 0.05) is 25.7 Å². The minimum absolute atomic E-state index is 0.0324. The number of carbonyl (C=O) groups is 4. The number of hydrogen-bond acceptors (Lipinski definition) is 15. The van der Waals surface area contributed by atoms with E-state index < -0.39 is 97.5 Å². The quantitative estimate of drug-likeness (QED) is 0.0169. The van der Waals surface area contributed by atoms with Crippen LogP contribution in [0.2, 0.25) is 0 Å². The summed E-state index contributed by atoms with van der Waals surface area (Å²) < 4.78 is 68.6. The van der Waals surface area contributed by atoms with Gasteiger partial charge in [-0.05, 0) is 103 Å². The van der Waals surface area contributed by atoms with Crippen molar-refractivity contribution in [1.82, 2.24) is 0 Å². The van der Waals surface area contributed by atoms with Gasteiger partial charge in [0.1, 0.15) is 19.3 Å². The number of esters is 4. The molecule has 0 aliphatic carbocycles. The molecule has 0 aliphatic rings. The van der Waals surface area contributed by atoms with Gasteiger partial charge in [0.05, 0.1) is 26.4 Å². The fourth-order valence-electron chi connectivity index (χ4n) is 11.0. The first kappa shape index (κ1) is 99.7. The Balaban J connectivity index is 5.42. The highest BCUT2D eigenvalue weighted by Crippen LogP contribution is 2.45. The second-order valence-corrected chi connectivity index (χ2v) is 30.3. The van der Waals surface area contributed by atoms with Gasteiger partial charge in [-0.3, -0.25) is 37.3 Å². The molecule has 0 aromatic carbocycles. The van der Waals surface area contributed by atoms with Crippen LogP contribution in [0.15, 0.2) is 109 Å². The zero-order valence-corrected chi connectivity index (χ0v) is 67.5. The highest BCUT2D eigenvalue weighted by Gasteiger charge is 2.30. The first-order valence-electron chi connectivity index (χ1n) is 41.1. The molecule has 0 aromatic heterocycles. The topological polar surface area (TPSA) is 237 Å². The highest BCUT2D eigenvalue weighted by atomic mass is 31.2. The van der Waals surface area contributed by atoms with Gasteiger partial charge in [-0.25, -0.2) is 9.13 Å². The number of phosphoric ester groups is 2. The van der Waals surface area contributed by atoms with Crippen LogP contribution in [0.1, 0.15) is 349 Å². The molecule has 0 aliphatic heterocycles. The summed E-state index contributed by atoms with van der Waals surface area (Å²) in [7, 11) is -9.97. The summed E-state index contributed by atoms with van der Waals surface area (Å²) in [6.07, 6.45) is 83.6. The second-order valence-electron chi connectivity index (χ2n) is 27.3. The molecule has 17 nitrogen and oxygen atoms in total. The van der Waals surface area contributed by atoms with Gasteiger partial charge in [0.15, 0.2) is 12.2 Å². The van der Waals surface area contributed by atoms with E-state index in [0.717, 1.165) is 135 Å². The Kier molecular flexibility index (Phi) is 73.7. The van der Waals surface area contributed by atoms with Crippen molar-refractivity contribution in [2.24, 2.45) is 0 Å². The molecule has 5 unspecified atom stereocenters. The maximum absolute atomic E-state index is 13.1. The predicted molar refractivity (Wildman–Crippen MR) is 427 cm³/mol. The van der Waals surface area contributed by atoms with Crippen LogP contribution in [0.25, 0.3) is 0 Å². The molecule has 0 saturated heterocycles. The zero-order chi connectivity index (χ0) is 76.0. The first-order valence-corrected chi connectivity index (χ1v) is 44.1. The van der Waals surface area contributed by atoms with Crippen molar-refractivity contribution in [2.75, 3.05) is 39.6 Å². The SMILES string of the molecule is CC/C=C\C/C=C\C/C=C\C/C=C\C/C=C\C/C=C\CCC(=O)OCC(COP(=O)(O)OCC(O)COP(=O)(O)OCC(COC(=O)CCCCCCCCCCCCCCC)OC(=O)CCCCCCCCCCCCCCC)OC(=O)CCCCCCCC/C=C\C/C=C\C/C=C\CCCCC. The number of ether oxygens (including phenoxy) is 4. The third-order valence-corrected chi connectivity index (χ3v) is 19.2. The Bertz CT molecular complexity index is 2390. The van der Waals surface area contributed by atoms with E-state index >= 15 is 0 Å². The van der Waals surface area contributed by atoms with Crippen molar-refractivity contribution in [3.8, 4) is 0 Å². The van der Waals surface area contributed by atoms with E-state index in [9.17, 15) is 43.2 Å². The Morgan fingerprint density at radius 1 is 0.279 bits per heavy atom. The van der Waals surface area contributed by atoms with Crippen LogP contribution in [0.5, 0.6) is 0 Å². The number of unbranched alkanes of at least 4 members (excludes halogenated alkanes) is 33. The lowest BCUT2D eigenvalue weighted by molar-refractivity contribution is -0.161. The van der Waals surface area contributed by atoms with Crippen LogP contribution in [-0.4, -0.2) is 96.7 Å². The van der Waals surface area contributed by atoms with Crippen molar-refractivity contribution in [1.29, 1.82) is 0 Å². The molecule has 0 rings (SSSR count). The molecule has 0 aromatic rings. The van der Waals surface area contributed by atoms with Gasteiger partial charge in [0.25, 0.3) is 0 Å². The molecule has 5 atom stereocenters. The van der Waals surface area contributed by atoms with Crippen LogP contribution >= 0.6 is 15.6 Å². The van der Waals surface area contributed by atoms with Crippen molar-refractivity contribution < 1.29 is 80.2 Å². The third-order valence-electron chi connectivity index (χ3n) is 17.3. The molecule has 0 heterocycles. The summed E-state index contributed by atoms with van der Waals surface area (Å²) in [5.41, 5.74) is 0. The number of hydrogen-bond donors (Lipinski definition) is 3. The van der Waals surface area contributed by atoms with Gasteiger partial charge in [-0.2, -0.15) is 0 Å². The van der Waals surface area contributed by atoms with Gasteiger partial charge in [-0.15, -0.1) is 0 Å². The summed E-state index contributed by atoms with van der Waals surface area (Å²) in [6.45, 7) is 4.68. The molecule has 0 saturated carbocycles. The first-order chi connectivity index (χ1) is 50.7. The van der Waals surface area contributed by atoms with E-state index in [2.05, 4.69) is 119 Å². The molecule has 0 bridgehead atoms. The molecule has 0 spiro atoms. The smallest absolute Gasteiger partial charge is 0.462 e. The minimum Gasteiger partial charge on any atom is -0.462 e. The van der Waals surface area contributed by atoms with Gasteiger partial charge in [0.2, 0.25) is 0 Å². The molecular weight excluding hydrogens is 1350 g/mol. The van der Waals surface area contributed by atoms with Crippen molar-refractivity contribution in [3.63, 3.8) is 0 Å². The van der Waals surface area contributed by atoms with Crippen LogP contribution in [0, 0.1) is 0 Å². The average Bonchev–Trinajstić information content (AvgIpc) is 0.906. The lowest BCUT2D eigenvalue weighted by Crippen LogP contribution is -2.30. The van der Waals surface area contributed by atoms with Crippen LogP contribution in [0.4, 0.5) is 0 Å². The van der Waals surface area contributed by atoms with Gasteiger partial charge in [-0.1, -0.05) is 330 Å². The van der Waals surface area contributed by atoms with E-state index in [1.165, 1.54) is 128 Å². The lowest BCUT2D eigenvalue weighted by atomic mass is 10.0. The lowest BCUT2D eigenvalue weighted by Gasteiger charge is -2.21. The monoisotopic (exact) mass is 1500 g/mol. The summed E-state index contributed by atoms with van der Waals surface area (Å²) >= 11 is 0. The summed E-state index contributed by atoms with van der Waals surface area (Å²) in [5, 5.41) is 10.6. The van der Waals surface area contributed by atoms with E-state index in [4.69, 9.17) is 37.0 Å². The summed E-state index contributed by atoms with van der Waals surface area (Å²) in [6, 6.07) is 0. The van der Waals surface area contributed by atoms with Crippen LogP contribution in [-0.2, 0) is 65.4 Å². The average molecular weight is 1500 g/mol. The van der Waals surface area contributed by atoms with E-state index in [1.54, 1.807) is 0 Å². The number of aliphatic hydroxyl groups excluding tert-OH is 1. The fourth-order valence-corrected chi connectivity index (χ4v) is 12.6. The highest BCUT2D eigenvalue weighted by molar-refractivity contribution is 7.47. The second kappa shape index (κ2) is 76.9. The minimum atomic E-state index is -5.00. The Morgan fingerprint density at radius 2 is 0.519 bits per heavy atom. The van der Waals surface area contributed by atoms with Crippen LogP contribution < -0.4 is 0 Å².